The zero-order chi connectivity index (χ0) is 11.7. The molecule has 0 bridgehead atoms. The molecule has 0 radical (unpaired) electrons. The molecule has 15 heavy (non-hydrogen) atoms. The van der Waals surface area contributed by atoms with Crippen LogP contribution in [-0.4, -0.2) is 39.2 Å². The number of hydrogen-bond donors (Lipinski definition) is 3. The summed E-state index contributed by atoms with van der Waals surface area (Å²) in [7, 11) is 0. The number of carbonyl (C=O) groups excluding carboxylic acids is 1. The van der Waals surface area contributed by atoms with Crippen LogP contribution < -0.4 is 5.11 Å². The van der Waals surface area contributed by atoms with Gasteiger partial charge in [0.1, 0.15) is 6.42 Å². The topological polar surface area (TPSA) is 152 Å². The minimum absolute atomic E-state index is 0. The second-order valence-electron chi connectivity index (χ2n) is 1.91. The maximum absolute atomic E-state index is 9.43. The van der Waals surface area contributed by atoms with Crippen LogP contribution in [-0.2, 0) is 19.2 Å². The second-order valence-corrected chi connectivity index (χ2v) is 1.91. The SMILES string of the molecule is O=C(O)CC(=O)O.O=C([O-])CC(=O)O.[Ce]. The molecular weight excluding hydrogens is 340 g/mol. The minimum Gasteiger partial charge on any atom is -0.550 e. The average molecular weight is 347 g/mol. The number of hydrogen-bond acceptors (Lipinski definition) is 5. The third-order valence-corrected chi connectivity index (χ3v) is 0.598. The van der Waals surface area contributed by atoms with Gasteiger partial charge in [-0.25, -0.2) is 0 Å². The van der Waals surface area contributed by atoms with E-state index in [1.54, 1.807) is 0 Å². The first-order valence-corrected chi connectivity index (χ1v) is 3.11. The molecule has 0 rings (SSSR count). The van der Waals surface area contributed by atoms with E-state index < -0.39 is 36.7 Å². The first-order valence-electron chi connectivity index (χ1n) is 3.11. The third-order valence-electron chi connectivity index (χ3n) is 0.598. The van der Waals surface area contributed by atoms with Gasteiger partial charge >= 0.3 is 17.9 Å². The number of carboxylic acids is 4. The van der Waals surface area contributed by atoms with E-state index in [9.17, 15) is 24.3 Å². The molecule has 0 aliphatic carbocycles. The maximum Gasteiger partial charge on any atom is 0.314 e. The summed E-state index contributed by atoms with van der Waals surface area (Å²) in [5, 5.41) is 32.4. The predicted octanol–water partition coefficient (Wildman–Crippen LogP) is -2.24. The summed E-state index contributed by atoms with van der Waals surface area (Å²) in [6, 6.07) is 0. The van der Waals surface area contributed by atoms with Gasteiger partial charge in [0, 0.05) is 41.7 Å². The summed E-state index contributed by atoms with van der Waals surface area (Å²) < 4.78 is 0. The van der Waals surface area contributed by atoms with E-state index in [0.717, 1.165) is 0 Å². The Hall–Kier alpha value is -0.743. The van der Waals surface area contributed by atoms with Crippen molar-refractivity contribution in [1.82, 2.24) is 0 Å². The van der Waals surface area contributed by atoms with Gasteiger partial charge in [0.15, 0.2) is 0 Å². The molecule has 8 nitrogen and oxygen atoms in total. The predicted molar refractivity (Wildman–Crippen MR) is 37.1 cm³/mol. The van der Waals surface area contributed by atoms with Gasteiger partial charge in [-0.15, -0.1) is 0 Å². The van der Waals surface area contributed by atoms with Gasteiger partial charge in [-0.3, -0.25) is 14.4 Å². The molecule has 0 aromatic heterocycles. The fourth-order valence-corrected chi connectivity index (χ4v) is 0.253. The van der Waals surface area contributed by atoms with Crippen LogP contribution >= 0.6 is 0 Å². The van der Waals surface area contributed by atoms with Crippen molar-refractivity contribution in [3.63, 3.8) is 0 Å². The monoisotopic (exact) mass is 347 g/mol. The first-order chi connectivity index (χ1) is 6.25. The van der Waals surface area contributed by atoms with Crippen molar-refractivity contribution >= 4 is 23.9 Å². The maximum atomic E-state index is 9.43. The van der Waals surface area contributed by atoms with Crippen LogP contribution in [0.15, 0.2) is 0 Å². The minimum atomic E-state index is -1.56. The molecule has 0 aromatic carbocycles. The second kappa shape index (κ2) is 11.3. The Morgan fingerprint density at radius 3 is 1.07 bits per heavy atom. The summed E-state index contributed by atoms with van der Waals surface area (Å²) >= 11 is 0. The summed E-state index contributed by atoms with van der Waals surface area (Å²) in [4.78, 5) is 37.6. The van der Waals surface area contributed by atoms with Crippen LogP contribution in [0, 0.1) is 41.7 Å². The molecule has 84 valence electrons. The molecule has 0 atom stereocenters. The molecule has 0 unspecified atom stereocenters. The Bertz CT molecular complexity index is 198. The van der Waals surface area contributed by atoms with Gasteiger partial charge in [0.2, 0.25) is 0 Å². The first kappa shape index (κ1) is 19.8. The van der Waals surface area contributed by atoms with Gasteiger partial charge < -0.3 is 25.2 Å². The van der Waals surface area contributed by atoms with Crippen molar-refractivity contribution in [2.75, 3.05) is 0 Å². The van der Waals surface area contributed by atoms with Crippen LogP contribution in [0.25, 0.3) is 0 Å². The van der Waals surface area contributed by atoms with E-state index in [2.05, 4.69) is 0 Å². The molecule has 9 heteroatoms. The van der Waals surface area contributed by atoms with E-state index in [-0.39, 0.29) is 41.7 Å². The molecule has 0 amide bonds. The summed E-state index contributed by atoms with van der Waals surface area (Å²) in [5.41, 5.74) is 0. The molecule has 0 aliphatic rings. The standard InChI is InChI=1S/2C3H4O4.Ce/c2*4-2(5)1-3(6)7;/h2*1H2,(H,4,5)(H,6,7);/p-1. The Kier molecular flexibility index (Phi) is 14.9. The van der Waals surface area contributed by atoms with Crippen molar-refractivity contribution in [3.8, 4) is 0 Å². The fourth-order valence-electron chi connectivity index (χ4n) is 0.253. The fraction of sp³-hybridized carbons (Fsp3) is 0.333. The van der Waals surface area contributed by atoms with Crippen LogP contribution in [0.5, 0.6) is 0 Å². The molecule has 3 N–H and O–H groups in total. The molecule has 0 heterocycles. The van der Waals surface area contributed by atoms with E-state index in [1.165, 1.54) is 0 Å². The zero-order valence-electron chi connectivity index (χ0n) is 7.30. The van der Waals surface area contributed by atoms with Crippen LogP contribution in [0.4, 0.5) is 0 Å². The van der Waals surface area contributed by atoms with Crippen LogP contribution in [0.2, 0.25) is 0 Å². The number of carboxylic acid groups (broad SMARTS) is 4. The molecule has 0 aliphatic heterocycles. The largest absolute Gasteiger partial charge is 0.550 e. The Morgan fingerprint density at radius 2 is 1.07 bits per heavy atom. The van der Waals surface area contributed by atoms with Crippen molar-refractivity contribution in [3.05, 3.63) is 0 Å². The molecule has 0 saturated carbocycles. The summed E-state index contributed by atoms with van der Waals surface area (Å²) in [6.45, 7) is 0. The number of carbonyl (C=O) groups is 4. The normalized spacial score (nSPS) is 7.47. The number of rotatable bonds is 4. The van der Waals surface area contributed by atoms with E-state index in [1.807, 2.05) is 0 Å². The van der Waals surface area contributed by atoms with E-state index >= 15 is 0 Å². The summed E-state index contributed by atoms with van der Waals surface area (Å²) in [5.74, 6) is -5.56. The van der Waals surface area contributed by atoms with Gasteiger partial charge in [-0.05, 0) is 0 Å². The molecular formula is C6H7CeO8-. The number of aliphatic carboxylic acids is 4. The quantitative estimate of drug-likeness (QED) is 0.483. The Balaban J connectivity index is -0.000000180. The van der Waals surface area contributed by atoms with Gasteiger partial charge in [0.25, 0.3) is 0 Å². The molecule has 0 fully saturated rings. The van der Waals surface area contributed by atoms with Crippen molar-refractivity contribution < 1.29 is 81.4 Å². The van der Waals surface area contributed by atoms with Crippen LogP contribution in [0.1, 0.15) is 12.8 Å². The van der Waals surface area contributed by atoms with Gasteiger partial charge in [0.05, 0.1) is 12.4 Å². The van der Waals surface area contributed by atoms with E-state index in [0.29, 0.717) is 0 Å². The summed E-state index contributed by atoms with van der Waals surface area (Å²) in [6.07, 6.45) is -1.72. The van der Waals surface area contributed by atoms with Crippen molar-refractivity contribution in [1.29, 1.82) is 0 Å². The molecule has 0 saturated heterocycles. The van der Waals surface area contributed by atoms with Crippen LogP contribution in [0.3, 0.4) is 0 Å². The Morgan fingerprint density at radius 1 is 0.800 bits per heavy atom. The van der Waals surface area contributed by atoms with Gasteiger partial charge in [-0.1, -0.05) is 0 Å². The third kappa shape index (κ3) is 31.9. The molecule has 0 aromatic rings. The van der Waals surface area contributed by atoms with E-state index in [4.69, 9.17) is 15.3 Å². The average Bonchev–Trinajstić information content (AvgIpc) is 1.79. The zero-order valence-corrected chi connectivity index (χ0v) is 10.4. The molecule has 0 spiro atoms. The van der Waals surface area contributed by atoms with Gasteiger partial charge in [-0.2, -0.15) is 0 Å². The van der Waals surface area contributed by atoms with Crippen molar-refractivity contribution in [2.45, 2.75) is 12.8 Å². The van der Waals surface area contributed by atoms with Crippen molar-refractivity contribution in [2.24, 2.45) is 0 Å². The Labute approximate surface area is 117 Å². The smallest absolute Gasteiger partial charge is 0.314 e.